The predicted octanol–water partition coefficient (Wildman–Crippen LogP) is 2.83. The molecule has 4 heteroatoms. The van der Waals surface area contributed by atoms with Gasteiger partial charge in [0.2, 0.25) is 0 Å². The second-order valence-electron chi connectivity index (χ2n) is 5.50. The molecule has 0 spiro atoms. The molecule has 1 aliphatic rings. The summed E-state index contributed by atoms with van der Waals surface area (Å²) in [6.07, 6.45) is 0. The largest absolute Gasteiger partial charge is 0.367 e. The third-order valence-electron chi connectivity index (χ3n) is 4.03. The number of para-hydroxylation sites is 1. The Kier molecular flexibility index (Phi) is 4.49. The molecule has 0 amide bonds. The fraction of sp³-hybridized carbons (Fsp3) is 0.278. The van der Waals surface area contributed by atoms with Gasteiger partial charge in [0, 0.05) is 31.7 Å². The number of ketones is 1. The van der Waals surface area contributed by atoms with Gasteiger partial charge in [-0.25, -0.2) is 4.39 Å². The summed E-state index contributed by atoms with van der Waals surface area (Å²) in [5, 5.41) is 0. The van der Waals surface area contributed by atoms with E-state index in [1.807, 2.05) is 41.3 Å². The third-order valence-corrected chi connectivity index (χ3v) is 4.03. The summed E-state index contributed by atoms with van der Waals surface area (Å²) in [5.41, 5.74) is 1.40. The van der Waals surface area contributed by atoms with E-state index in [1.165, 1.54) is 6.07 Å². The number of rotatable bonds is 4. The Labute approximate surface area is 130 Å². The normalized spacial score (nSPS) is 15.8. The minimum absolute atomic E-state index is 0.139. The monoisotopic (exact) mass is 298 g/mol. The molecule has 1 aliphatic heterocycles. The summed E-state index contributed by atoms with van der Waals surface area (Å²) in [7, 11) is 0. The fourth-order valence-electron chi connectivity index (χ4n) is 2.77. The van der Waals surface area contributed by atoms with E-state index < -0.39 is 0 Å². The lowest BCUT2D eigenvalue weighted by atomic mass is 10.1. The highest BCUT2D eigenvalue weighted by atomic mass is 19.1. The molecule has 0 unspecified atom stereocenters. The van der Waals surface area contributed by atoms with Crippen molar-refractivity contribution in [2.24, 2.45) is 0 Å². The second-order valence-corrected chi connectivity index (χ2v) is 5.50. The number of benzene rings is 2. The summed E-state index contributed by atoms with van der Waals surface area (Å²) in [6, 6.07) is 16.2. The molecule has 1 heterocycles. The van der Waals surface area contributed by atoms with Crippen LogP contribution in [0.25, 0.3) is 0 Å². The average Bonchev–Trinajstić information content (AvgIpc) is 2.57. The van der Waals surface area contributed by atoms with Crippen molar-refractivity contribution >= 4 is 11.5 Å². The molecule has 1 fully saturated rings. The smallest absolute Gasteiger partial charge is 0.176 e. The van der Waals surface area contributed by atoms with Crippen molar-refractivity contribution in [2.75, 3.05) is 37.6 Å². The number of hydrogen-bond acceptors (Lipinski definition) is 3. The number of nitrogens with zero attached hydrogens (tertiary/aromatic N) is 2. The molecule has 0 aromatic heterocycles. The van der Waals surface area contributed by atoms with Gasteiger partial charge in [0.05, 0.1) is 12.2 Å². The van der Waals surface area contributed by atoms with Crippen molar-refractivity contribution in [1.82, 2.24) is 4.90 Å². The maximum Gasteiger partial charge on any atom is 0.176 e. The molecule has 0 atom stereocenters. The number of Topliss-reactive ketones (excluding diaryl/α,β-unsaturated/α-hetero) is 1. The van der Waals surface area contributed by atoms with Crippen molar-refractivity contribution < 1.29 is 9.18 Å². The summed E-state index contributed by atoms with van der Waals surface area (Å²) in [6.45, 7) is 3.45. The Balaban J connectivity index is 1.56. The van der Waals surface area contributed by atoms with E-state index in [2.05, 4.69) is 4.90 Å². The van der Waals surface area contributed by atoms with Crippen LogP contribution in [0.5, 0.6) is 0 Å². The predicted molar refractivity (Wildman–Crippen MR) is 85.8 cm³/mol. The van der Waals surface area contributed by atoms with E-state index >= 15 is 0 Å². The van der Waals surface area contributed by atoms with E-state index in [9.17, 15) is 9.18 Å². The van der Waals surface area contributed by atoms with Crippen molar-refractivity contribution in [2.45, 2.75) is 0 Å². The van der Waals surface area contributed by atoms with Crippen LogP contribution in [0.1, 0.15) is 10.4 Å². The Bertz CT molecular complexity index is 637. The summed E-state index contributed by atoms with van der Waals surface area (Å²) in [5.74, 6) is -0.0451. The lowest BCUT2D eigenvalue weighted by Gasteiger charge is -2.35. The quantitative estimate of drug-likeness (QED) is 0.811. The van der Waals surface area contributed by atoms with Crippen LogP contribution in [0.3, 0.4) is 0 Å². The molecule has 114 valence electrons. The SMILES string of the molecule is O=C(CN1CCN(c2ccccc2F)CC1)c1ccccc1. The van der Waals surface area contributed by atoms with Gasteiger partial charge in [0.15, 0.2) is 5.78 Å². The van der Waals surface area contributed by atoms with Gasteiger partial charge < -0.3 is 4.90 Å². The molecule has 2 aromatic carbocycles. The summed E-state index contributed by atoms with van der Waals surface area (Å²) < 4.78 is 13.8. The van der Waals surface area contributed by atoms with Gasteiger partial charge in [-0.15, -0.1) is 0 Å². The molecular weight excluding hydrogens is 279 g/mol. The van der Waals surface area contributed by atoms with Gasteiger partial charge in [-0.2, -0.15) is 0 Å². The van der Waals surface area contributed by atoms with Gasteiger partial charge >= 0.3 is 0 Å². The van der Waals surface area contributed by atoms with Gasteiger partial charge in [0.25, 0.3) is 0 Å². The van der Waals surface area contributed by atoms with Crippen LogP contribution in [0.4, 0.5) is 10.1 Å². The number of halogens is 1. The molecule has 0 N–H and O–H groups in total. The zero-order valence-corrected chi connectivity index (χ0v) is 12.4. The Morgan fingerprint density at radius 1 is 0.909 bits per heavy atom. The van der Waals surface area contributed by atoms with Crippen molar-refractivity contribution in [3.8, 4) is 0 Å². The lowest BCUT2D eigenvalue weighted by molar-refractivity contribution is 0.0926. The number of carbonyl (C=O) groups is 1. The van der Waals surface area contributed by atoms with E-state index in [0.29, 0.717) is 12.2 Å². The first-order chi connectivity index (χ1) is 10.7. The molecule has 1 saturated heterocycles. The lowest BCUT2D eigenvalue weighted by Crippen LogP contribution is -2.48. The number of hydrogen-bond donors (Lipinski definition) is 0. The highest BCUT2D eigenvalue weighted by molar-refractivity contribution is 5.97. The highest BCUT2D eigenvalue weighted by Crippen LogP contribution is 2.20. The molecule has 3 rings (SSSR count). The Morgan fingerprint density at radius 3 is 2.23 bits per heavy atom. The second kappa shape index (κ2) is 6.71. The van der Waals surface area contributed by atoms with Gasteiger partial charge in [-0.3, -0.25) is 9.69 Å². The van der Waals surface area contributed by atoms with Crippen molar-refractivity contribution in [3.05, 3.63) is 66.0 Å². The van der Waals surface area contributed by atoms with Crippen LogP contribution in [-0.2, 0) is 0 Å². The molecular formula is C18H19FN2O. The van der Waals surface area contributed by atoms with Crippen LogP contribution < -0.4 is 4.90 Å². The Morgan fingerprint density at radius 2 is 1.55 bits per heavy atom. The van der Waals surface area contributed by atoms with Crippen LogP contribution in [0, 0.1) is 5.82 Å². The van der Waals surface area contributed by atoms with Gasteiger partial charge in [0.1, 0.15) is 5.82 Å². The minimum Gasteiger partial charge on any atom is -0.367 e. The topological polar surface area (TPSA) is 23.6 Å². The minimum atomic E-state index is -0.184. The molecule has 0 aliphatic carbocycles. The molecule has 2 aromatic rings. The van der Waals surface area contributed by atoms with E-state index in [0.717, 1.165) is 31.7 Å². The third kappa shape index (κ3) is 3.34. The maximum atomic E-state index is 13.8. The van der Waals surface area contributed by atoms with Crippen LogP contribution >= 0.6 is 0 Å². The molecule has 3 nitrogen and oxygen atoms in total. The number of anilines is 1. The van der Waals surface area contributed by atoms with E-state index in [-0.39, 0.29) is 11.6 Å². The first kappa shape index (κ1) is 14.7. The zero-order chi connectivity index (χ0) is 15.4. The standard InChI is InChI=1S/C18H19FN2O/c19-16-8-4-5-9-17(16)21-12-10-20(11-13-21)14-18(22)15-6-2-1-3-7-15/h1-9H,10-14H2. The van der Waals surface area contributed by atoms with Crippen molar-refractivity contribution in [1.29, 1.82) is 0 Å². The molecule has 0 radical (unpaired) electrons. The first-order valence-corrected chi connectivity index (χ1v) is 7.54. The van der Waals surface area contributed by atoms with Crippen molar-refractivity contribution in [3.63, 3.8) is 0 Å². The van der Waals surface area contributed by atoms with Crippen LogP contribution in [0.2, 0.25) is 0 Å². The van der Waals surface area contributed by atoms with Gasteiger partial charge in [-0.05, 0) is 12.1 Å². The van der Waals surface area contributed by atoms with E-state index in [1.54, 1.807) is 12.1 Å². The maximum absolute atomic E-state index is 13.8. The van der Waals surface area contributed by atoms with Gasteiger partial charge in [-0.1, -0.05) is 42.5 Å². The number of carbonyl (C=O) groups excluding carboxylic acids is 1. The molecule has 0 saturated carbocycles. The van der Waals surface area contributed by atoms with Crippen LogP contribution in [0.15, 0.2) is 54.6 Å². The zero-order valence-electron chi connectivity index (χ0n) is 12.4. The molecule has 22 heavy (non-hydrogen) atoms. The highest BCUT2D eigenvalue weighted by Gasteiger charge is 2.21. The average molecular weight is 298 g/mol. The number of piperazine rings is 1. The summed E-state index contributed by atoms with van der Waals surface area (Å²) in [4.78, 5) is 16.4. The Hall–Kier alpha value is -2.20. The molecule has 0 bridgehead atoms. The fourth-order valence-corrected chi connectivity index (χ4v) is 2.77. The van der Waals surface area contributed by atoms with Crippen LogP contribution in [-0.4, -0.2) is 43.4 Å². The summed E-state index contributed by atoms with van der Waals surface area (Å²) >= 11 is 0. The first-order valence-electron chi connectivity index (χ1n) is 7.54. The van der Waals surface area contributed by atoms with E-state index in [4.69, 9.17) is 0 Å².